The molecule has 0 saturated carbocycles. The number of rotatable bonds is 6. The van der Waals surface area contributed by atoms with Crippen LogP contribution in [0.2, 0.25) is 10.0 Å². The average Bonchev–Trinajstić information content (AvgIpc) is 3.46. The molecular weight excluding hydrogens is 511 g/mol. The van der Waals surface area contributed by atoms with E-state index < -0.39 is 0 Å². The van der Waals surface area contributed by atoms with Crippen molar-refractivity contribution in [2.24, 2.45) is 4.99 Å². The highest BCUT2D eigenvalue weighted by Crippen LogP contribution is 2.36. The first-order valence-electron chi connectivity index (χ1n) is 11.4. The molecule has 1 aliphatic rings. The molecule has 0 radical (unpaired) electrons. The fourth-order valence-electron chi connectivity index (χ4n) is 3.79. The van der Waals surface area contributed by atoms with Gasteiger partial charge in [-0.15, -0.1) is 0 Å². The van der Waals surface area contributed by atoms with Crippen molar-refractivity contribution in [2.75, 3.05) is 6.54 Å². The van der Waals surface area contributed by atoms with Crippen LogP contribution in [0.25, 0.3) is 17.4 Å². The molecule has 7 heteroatoms. The Morgan fingerprint density at radius 3 is 2.53 bits per heavy atom. The molecule has 1 amide bonds. The number of nitrogens with zero attached hydrogens (tertiary/aromatic N) is 2. The number of halogens is 2. The number of aliphatic imine (C=N–C) groups is 1. The van der Waals surface area contributed by atoms with Crippen molar-refractivity contribution in [1.29, 1.82) is 0 Å². The Morgan fingerprint density at radius 1 is 0.972 bits per heavy atom. The highest BCUT2D eigenvalue weighted by Gasteiger charge is 2.33. The van der Waals surface area contributed by atoms with Crippen molar-refractivity contribution in [3.63, 3.8) is 0 Å². The van der Waals surface area contributed by atoms with E-state index in [2.05, 4.69) is 12.1 Å². The van der Waals surface area contributed by atoms with Crippen LogP contribution in [0, 0.1) is 6.92 Å². The molecule has 1 aromatic heterocycles. The van der Waals surface area contributed by atoms with E-state index in [9.17, 15) is 4.79 Å². The van der Waals surface area contributed by atoms with Crippen LogP contribution in [-0.4, -0.2) is 22.5 Å². The van der Waals surface area contributed by atoms with E-state index in [-0.39, 0.29) is 5.91 Å². The number of furan rings is 1. The van der Waals surface area contributed by atoms with Gasteiger partial charge in [0.2, 0.25) is 0 Å². The number of carbonyl (C=O) groups is 1. The van der Waals surface area contributed by atoms with Crippen LogP contribution in [0.3, 0.4) is 0 Å². The molecule has 1 fully saturated rings. The predicted molar refractivity (Wildman–Crippen MR) is 150 cm³/mol. The second kappa shape index (κ2) is 10.8. The molecule has 3 aromatic carbocycles. The van der Waals surface area contributed by atoms with E-state index in [1.165, 1.54) is 11.8 Å². The molecule has 0 unspecified atom stereocenters. The van der Waals surface area contributed by atoms with Crippen LogP contribution >= 0.6 is 35.0 Å². The number of thioether (sulfide) groups is 1. The second-order valence-corrected chi connectivity index (χ2v) is 10.2. The van der Waals surface area contributed by atoms with Crippen molar-refractivity contribution in [1.82, 2.24) is 4.90 Å². The van der Waals surface area contributed by atoms with Gasteiger partial charge in [-0.25, -0.2) is 4.99 Å². The maximum Gasteiger partial charge on any atom is 0.266 e. The number of benzene rings is 3. The molecule has 4 nitrogen and oxygen atoms in total. The van der Waals surface area contributed by atoms with Gasteiger partial charge >= 0.3 is 0 Å². The SMILES string of the molecule is Cc1ccc(N=C2S/C(=C/c3ccc(-c4cc(Cl)ccc4Cl)o3)C(=O)N2CCc2ccccc2)cc1. The number of amidine groups is 1. The minimum Gasteiger partial charge on any atom is -0.457 e. The van der Waals surface area contributed by atoms with Crippen LogP contribution in [-0.2, 0) is 11.2 Å². The third kappa shape index (κ3) is 5.59. The standard InChI is InChI=1S/C29H22Cl2N2O2S/c1-19-7-10-22(11-8-19)32-29-33(16-15-20-5-3-2-4-6-20)28(34)27(36-29)18-23-12-14-26(35-23)24-17-21(30)9-13-25(24)31/h2-14,17-18H,15-16H2,1H3/b27-18+,32-29?. The minimum atomic E-state index is -0.0967. The summed E-state index contributed by atoms with van der Waals surface area (Å²) >= 11 is 13.8. The van der Waals surface area contributed by atoms with Crippen molar-refractivity contribution in [3.05, 3.63) is 117 Å². The molecule has 0 atom stereocenters. The summed E-state index contributed by atoms with van der Waals surface area (Å²) in [4.78, 5) is 20.5. The van der Waals surface area contributed by atoms with E-state index in [1.807, 2.05) is 61.5 Å². The Morgan fingerprint density at radius 2 is 1.75 bits per heavy atom. The maximum atomic E-state index is 13.4. The number of hydrogen-bond acceptors (Lipinski definition) is 4. The van der Waals surface area contributed by atoms with Crippen molar-refractivity contribution >= 4 is 57.8 Å². The lowest BCUT2D eigenvalue weighted by Crippen LogP contribution is -2.31. The molecule has 0 bridgehead atoms. The van der Waals surface area contributed by atoms with E-state index >= 15 is 0 Å². The zero-order valence-electron chi connectivity index (χ0n) is 19.4. The lowest BCUT2D eigenvalue weighted by atomic mass is 10.1. The molecule has 5 rings (SSSR count). The van der Waals surface area contributed by atoms with Crippen LogP contribution in [0.5, 0.6) is 0 Å². The first kappa shape index (κ1) is 24.4. The fraction of sp³-hybridized carbons (Fsp3) is 0.103. The number of hydrogen-bond donors (Lipinski definition) is 0. The highest BCUT2D eigenvalue weighted by atomic mass is 35.5. The van der Waals surface area contributed by atoms with Gasteiger partial charge in [-0.1, -0.05) is 71.2 Å². The largest absolute Gasteiger partial charge is 0.457 e. The third-order valence-electron chi connectivity index (χ3n) is 5.71. The van der Waals surface area contributed by atoms with Gasteiger partial charge in [0.1, 0.15) is 11.5 Å². The molecular formula is C29H22Cl2N2O2S. The normalized spacial score (nSPS) is 15.9. The number of carbonyl (C=O) groups excluding carboxylic acids is 1. The predicted octanol–water partition coefficient (Wildman–Crippen LogP) is 8.41. The molecule has 1 aliphatic heterocycles. The number of amides is 1. The van der Waals surface area contributed by atoms with Gasteiger partial charge in [0.05, 0.1) is 15.6 Å². The summed E-state index contributed by atoms with van der Waals surface area (Å²) < 4.78 is 6.00. The molecule has 0 spiro atoms. The number of aryl methyl sites for hydroxylation is 1. The van der Waals surface area contributed by atoms with Crippen molar-refractivity contribution < 1.29 is 9.21 Å². The molecule has 2 heterocycles. The highest BCUT2D eigenvalue weighted by molar-refractivity contribution is 8.18. The average molecular weight is 533 g/mol. The van der Waals surface area contributed by atoms with Gasteiger partial charge in [-0.3, -0.25) is 9.69 Å². The van der Waals surface area contributed by atoms with E-state index in [4.69, 9.17) is 32.6 Å². The van der Waals surface area contributed by atoms with Gasteiger partial charge in [-0.2, -0.15) is 0 Å². The molecule has 4 aromatic rings. The summed E-state index contributed by atoms with van der Waals surface area (Å²) in [5, 5.41) is 1.76. The Bertz CT molecular complexity index is 1460. The molecule has 180 valence electrons. The van der Waals surface area contributed by atoms with Gasteiger partial charge in [0.25, 0.3) is 5.91 Å². The Labute approximate surface area is 224 Å². The van der Waals surface area contributed by atoms with Crippen LogP contribution in [0.1, 0.15) is 16.9 Å². The Hall–Kier alpha value is -3.25. The monoisotopic (exact) mass is 532 g/mol. The smallest absolute Gasteiger partial charge is 0.266 e. The summed E-state index contributed by atoms with van der Waals surface area (Å²) in [5.41, 5.74) is 3.82. The fourth-order valence-corrected chi connectivity index (χ4v) is 5.18. The zero-order valence-corrected chi connectivity index (χ0v) is 21.8. The molecule has 36 heavy (non-hydrogen) atoms. The van der Waals surface area contributed by atoms with Crippen LogP contribution in [0.15, 0.2) is 99.2 Å². The second-order valence-electron chi connectivity index (χ2n) is 8.36. The molecule has 0 N–H and O–H groups in total. The molecule has 0 aliphatic carbocycles. The van der Waals surface area contributed by atoms with Gasteiger partial charge in [0, 0.05) is 23.2 Å². The van der Waals surface area contributed by atoms with Crippen molar-refractivity contribution in [2.45, 2.75) is 13.3 Å². The summed E-state index contributed by atoms with van der Waals surface area (Å²) in [6, 6.07) is 26.9. The van der Waals surface area contributed by atoms with Crippen molar-refractivity contribution in [3.8, 4) is 11.3 Å². The Balaban J connectivity index is 1.44. The minimum absolute atomic E-state index is 0.0967. The quantitative estimate of drug-likeness (QED) is 0.234. The van der Waals surface area contributed by atoms with Crippen LogP contribution in [0.4, 0.5) is 5.69 Å². The van der Waals surface area contributed by atoms with Gasteiger partial charge < -0.3 is 4.42 Å². The lowest BCUT2D eigenvalue weighted by molar-refractivity contribution is -0.122. The first-order valence-corrected chi connectivity index (χ1v) is 13.0. The summed E-state index contributed by atoms with van der Waals surface area (Å²) in [7, 11) is 0. The summed E-state index contributed by atoms with van der Waals surface area (Å²) in [5.74, 6) is 1.04. The topological polar surface area (TPSA) is 45.8 Å². The van der Waals surface area contributed by atoms with Crippen LogP contribution < -0.4 is 0 Å². The van der Waals surface area contributed by atoms with E-state index in [1.54, 1.807) is 29.2 Å². The van der Waals surface area contributed by atoms with E-state index in [0.717, 1.165) is 23.2 Å². The maximum absolute atomic E-state index is 13.4. The third-order valence-corrected chi connectivity index (χ3v) is 7.28. The molecule has 1 saturated heterocycles. The van der Waals surface area contributed by atoms with Gasteiger partial charge in [0.15, 0.2) is 5.17 Å². The lowest BCUT2D eigenvalue weighted by Gasteiger charge is -2.15. The Kier molecular flexibility index (Phi) is 7.33. The summed E-state index contributed by atoms with van der Waals surface area (Å²) in [6.07, 6.45) is 2.48. The van der Waals surface area contributed by atoms with E-state index in [0.29, 0.717) is 43.7 Å². The van der Waals surface area contributed by atoms with Gasteiger partial charge in [-0.05, 0) is 73.1 Å². The zero-order chi connectivity index (χ0) is 25.1. The summed E-state index contributed by atoms with van der Waals surface area (Å²) in [6.45, 7) is 2.56. The first-order chi connectivity index (χ1) is 17.5.